The summed E-state index contributed by atoms with van der Waals surface area (Å²) in [6, 6.07) is 1.94. The first-order chi connectivity index (χ1) is 15.8. The van der Waals surface area contributed by atoms with Crippen LogP contribution in [0.25, 0.3) is 16.9 Å². The maximum atomic E-state index is 13.0. The highest BCUT2D eigenvalue weighted by molar-refractivity contribution is 6.01. The van der Waals surface area contributed by atoms with Gasteiger partial charge in [-0.1, -0.05) is 6.92 Å². The number of fused-ring (bicyclic) bond motifs is 1. The molecule has 0 saturated carbocycles. The summed E-state index contributed by atoms with van der Waals surface area (Å²) >= 11 is 0. The number of primary amides is 1. The van der Waals surface area contributed by atoms with Crippen LogP contribution in [-0.2, 0) is 16.6 Å². The van der Waals surface area contributed by atoms with Gasteiger partial charge in [-0.25, -0.2) is 9.50 Å². The number of anilines is 1. The molecule has 2 aliphatic heterocycles. The molecule has 5 rings (SSSR count). The van der Waals surface area contributed by atoms with Crippen LogP contribution in [0, 0.1) is 22.7 Å². The molecule has 2 aliphatic rings. The molecule has 0 bridgehead atoms. The Labute approximate surface area is 188 Å². The van der Waals surface area contributed by atoms with Gasteiger partial charge >= 0.3 is 0 Å². The topological polar surface area (TPSA) is 156 Å². The van der Waals surface area contributed by atoms with Crippen molar-refractivity contribution in [2.75, 3.05) is 31.6 Å². The zero-order chi connectivity index (χ0) is 23.3. The summed E-state index contributed by atoms with van der Waals surface area (Å²) in [5.41, 5.74) is 7.11. The van der Waals surface area contributed by atoms with E-state index < -0.39 is 11.3 Å². The number of ether oxygens (including phenoxy) is 1. The van der Waals surface area contributed by atoms with Crippen LogP contribution in [0.4, 0.5) is 5.69 Å². The number of hydrogen-bond donors (Lipinski definition) is 2. The average Bonchev–Trinajstić information content (AvgIpc) is 3.46. The Balaban J connectivity index is 1.47. The normalized spacial score (nSPS) is 21.5. The van der Waals surface area contributed by atoms with Gasteiger partial charge in [-0.2, -0.15) is 15.5 Å². The maximum absolute atomic E-state index is 13.0. The highest BCUT2D eigenvalue weighted by Crippen LogP contribution is 2.33. The second-order valence-corrected chi connectivity index (χ2v) is 8.72. The Kier molecular flexibility index (Phi) is 4.79. The lowest BCUT2D eigenvalue weighted by Crippen LogP contribution is -2.54. The lowest BCUT2D eigenvalue weighted by Gasteiger charge is -2.36. The first-order valence-electron chi connectivity index (χ1n) is 10.5. The Morgan fingerprint density at radius 2 is 2.06 bits per heavy atom. The summed E-state index contributed by atoms with van der Waals surface area (Å²) in [6.07, 6.45) is 6.69. The third kappa shape index (κ3) is 3.37. The molecule has 3 aromatic heterocycles. The van der Waals surface area contributed by atoms with Crippen molar-refractivity contribution in [2.45, 2.75) is 13.0 Å². The van der Waals surface area contributed by atoms with Crippen LogP contribution >= 0.6 is 0 Å². The molecule has 12 heteroatoms. The van der Waals surface area contributed by atoms with Gasteiger partial charge in [0.05, 0.1) is 54.8 Å². The van der Waals surface area contributed by atoms with Gasteiger partial charge in [-0.3, -0.25) is 14.3 Å². The number of likely N-dealkylation sites (tertiary alicyclic amines) is 1. The summed E-state index contributed by atoms with van der Waals surface area (Å²) in [5, 5.41) is 21.3. The highest BCUT2D eigenvalue weighted by Gasteiger charge is 2.50. The highest BCUT2D eigenvalue weighted by atomic mass is 16.5. The minimum atomic E-state index is -1.10. The molecule has 5 heterocycles. The van der Waals surface area contributed by atoms with E-state index in [1.807, 2.05) is 20.2 Å². The first kappa shape index (κ1) is 20.9. The van der Waals surface area contributed by atoms with Crippen molar-refractivity contribution in [1.29, 1.82) is 5.26 Å². The monoisotopic (exact) mass is 449 g/mol. The SMILES string of the molecule is C[C@@H]1CN(C(=O)C2(C#N)COC2)C[C@@H]1Nc1c(C(N)=O)cnn2cc(-c3cnn(C)c3)nc12. The molecule has 0 radical (unpaired) electrons. The molecule has 0 aliphatic carbocycles. The molecular formula is C21H23N9O3. The molecule has 2 saturated heterocycles. The fraction of sp³-hybridized carbons (Fsp3) is 0.429. The maximum Gasteiger partial charge on any atom is 0.252 e. The molecule has 3 N–H and O–H groups in total. The number of carbonyl (C=O) groups is 2. The second kappa shape index (κ2) is 7.56. The summed E-state index contributed by atoms with van der Waals surface area (Å²) in [6.45, 7) is 3.12. The van der Waals surface area contributed by atoms with Crippen LogP contribution in [0.2, 0.25) is 0 Å². The molecule has 0 unspecified atom stereocenters. The van der Waals surface area contributed by atoms with E-state index in [9.17, 15) is 14.9 Å². The van der Waals surface area contributed by atoms with Gasteiger partial charge < -0.3 is 20.7 Å². The number of nitrogens with zero attached hydrogens (tertiary/aromatic N) is 7. The largest absolute Gasteiger partial charge is 0.377 e. The molecule has 33 heavy (non-hydrogen) atoms. The number of nitrogens with two attached hydrogens (primary N) is 1. The zero-order valence-corrected chi connectivity index (χ0v) is 18.2. The van der Waals surface area contributed by atoms with Crippen LogP contribution in [0.5, 0.6) is 0 Å². The lowest BCUT2D eigenvalue weighted by molar-refractivity contribution is -0.160. The quantitative estimate of drug-likeness (QED) is 0.552. The van der Waals surface area contributed by atoms with Gasteiger partial charge in [0.25, 0.3) is 5.91 Å². The minimum Gasteiger partial charge on any atom is -0.377 e. The fourth-order valence-corrected chi connectivity index (χ4v) is 4.31. The van der Waals surface area contributed by atoms with E-state index in [2.05, 4.69) is 26.6 Å². The van der Waals surface area contributed by atoms with Gasteiger partial charge in [-0.15, -0.1) is 0 Å². The molecule has 170 valence electrons. The Hall–Kier alpha value is -3.98. The summed E-state index contributed by atoms with van der Waals surface area (Å²) < 4.78 is 8.38. The number of aromatic nitrogens is 5. The number of aryl methyl sites for hydroxylation is 1. The molecule has 12 nitrogen and oxygen atoms in total. The van der Waals surface area contributed by atoms with Crippen LogP contribution in [-0.4, -0.2) is 73.4 Å². The Bertz CT molecular complexity index is 1300. The molecule has 0 spiro atoms. The first-order valence-corrected chi connectivity index (χ1v) is 10.5. The number of nitrogens with one attached hydrogen (secondary N) is 1. The van der Waals surface area contributed by atoms with E-state index in [4.69, 9.17) is 10.5 Å². The molecule has 2 amide bonds. The van der Waals surface area contributed by atoms with Gasteiger partial charge in [0.15, 0.2) is 11.1 Å². The average molecular weight is 449 g/mol. The molecular weight excluding hydrogens is 426 g/mol. The third-order valence-corrected chi connectivity index (χ3v) is 6.31. The Morgan fingerprint density at radius 1 is 1.27 bits per heavy atom. The van der Waals surface area contributed by atoms with Gasteiger partial charge in [0, 0.05) is 37.9 Å². The smallest absolute Gasteiger partial charge is 0.252 e. The van der Waals surface area contributed by atoms with E-state index in [1.165, 1.54) is 6.20 Å². The van der Waals surface area contributed by atoms with Crippen molar-refractivity contribution in [1.82, 2.24) is 29.3 Å². The van der Waals surface area contributed by atoms with Crippen molar-refractivity contribution in [3.05, 3.63) is 30.4 Å². The fourth-order valence-electron chi connectivity index (χ4n) is 4.31. The summed E-state index contributed by atoms with van der Waals surface area (Å²) in [4.78, 5) is 31.5. The number of amides is 2. The number of nitriles is 1. The standard InChI is InChI=1S/C21H23N9O3/c1-12-5-29(20(32)21(9-22)10-33-11-21)7-15(12)26-17-14(18(23)31)4-25-30-8-16(27-19(17)30)13-3-24-28(2)6-13/h3-4,6,8,12,15,26H,5,7,10-11H2,1-2H3,(H2,23,31)/t12-,15+/m1/s1. The van der Waals surface area contributed by atoms with Crippen LogP contribution < -0.4 is 11.1 Å². The van der Waals surface area contributed by atoms with Crippen LogP contribution in [0.15, 0.2) is 24.8 Å². The number of carbonyl (C=O) groups excluding carboxylic acids is 2. The minimum absolute atomic E-state index is 0.0624. The number of rotatable bonds is 5. The van der Waals surface area contributed by atoms with Crippen molar-refractivity contribution in [3.63, 3.8) is 0 Å². The predicted octanol–water partition coefficient (Wildman–Crippen LogP) is 0.0277. The Morgan fingerprint density at radius 3 is 2.67 bits per heavy atom. The van der Waals surface area contributed by atoms with Crippen molar-refractivity contribution in [3.8, 4) is 17.3 Å². The summed E-state index contributed by atoms with van der Waals surface area (Å²) in [7, 11) is 1.82. The van der Waals surface area contributed by atoms with Crippen molar-refractivity contribution in [2.24, 2.45) is 24.1 Å². The van der Waals surface area contributed by atoms with E-state index in [0.717, 1.165) is 5.56 Å². The molecule has 3 aromatic rings. The molecule has 0 aromatic carbocycles. The van der Waals surface area contributed by atoms with Crippen molar-refractivity contribution < 1.29 is 14.3 Å². The molecule has 2 atom stereocenters. The van der Waals surface area contributed by atoms with Crippen molar-refractivity contribution >= 4 is 23.1 Å². The summed E-state index contributed by atoms with van der Waals surface area (Å²) in [5.74, 6) is -0.790. The molecule has 2 fully saturated rings. The van der Waals surface area contributed by atoms with E-state index >= 15 is 0 Å². The van der Waals surface area contributed by atoms with Crippen LogP contribution in [0.1, 0.15) is 17.3 Å². The lowest BCUT2D eigenvalue weighted by atomic mass is 9.86. The van der Waals surface area contributed by atoms with Gasteiger partial charge in [-0.05, 0) is 5.92 Å². The second-order valence-electron chi connectivity index (χ2n) is 8.72. The third-order valence-electron chi connectivity index (χ3n) is 6.31. The predicted molar refractivity (Wildman–Crippen MR) is 116 cm³/mol. The zero-order valence-electron chi connectivity index (χ0n) is 18.2. The van der Waals surface area contributed by atoms with Crippen LogP contribution in [0.3, 0.4) is 0 Å². The van der Waals surface area contributed by atoms with E-state index in [0.29, 0.717) is 30.1 Å². The van der Waals surface area contributed by atoms with E-state index in [1.54, 1.807) is 26.5 Å². The van der Waals surface area contributed by atoms with Gasteiger partial charge in [0.1, 0.15) is 0 Å². The van der Waals surface area contributed by atoms with Gasteiger partial charge in [0.2, 0.25) is 5.91 Å². The van der Waals surface area contributed by atoms with E-state index in [-0.39, 0.29) is 36.6 Å². The number of imidazole rings is 1. The number of hydrogen-bond acceptors (Lipinski definition) is 8.